The van der Waals surface area contributed by atoms with Crippen molar-refractivity contribution in [3.05, 3.63) is 123 Å². The van der Waals surface area contributed by atoms with Crippen molar-refractivity contribution in [2.75, 3.05) is 25.6 Å². The fourth-order valence-corrected chi connectivity index (χ4v) is 7.76. The lowest BCUT2D eigenvalue weighted by molar-refractivity contribution is -0.955. The van der Waals surface area contributed by atoms with E-state index in [1.807, 2.05) is 49.5 Å². The molecule has 0 aliphatic carbocycles. The summed E-state index contributed by atoms with van der Waals surface area (Å²) in [5.41, 5.74) is 7.99. The number of benzene rings is 3. The number of aryl methyl sites for hydroxylation is 1. The topological polar surface area (TPSA) is 213 Å². The normalized spacial score (nSPS) is 16.4. The second kappa shape index (κ2) is 21.8. The number of fused-ring (bicyclic) bond motifs is 1. The lowest BCUT2D eigenvalue weighted by atomic mass is 9.77. The molecule has 3 heterocycles. The maximum absolute atomic E-state index is 12.6. The molecule has 3 unspecified atom stereocenters. The van der Waals surface area contributed by atoms with Crippen molar-refractivity contribution in [2.24, 2.45) is 11.8 Å². The molecule has 5 N–H and O–H groups in total. The number of nitrogens with two attached hydrogens (primary N) is 1. The minimum Gasteiger partial charge on any atom is -0.489 e. The van der Waals surface area contributed by atoms with Gasteiger partial charge in [0.2, 0.25) is 11.8 Å². The maximum Gasteiger partial charge on any atom is 0.273 e. The SMILES string of the molecule is CC/C(=C/N(N)CCOc1c(Cl)cc(C(C)(C)c2ccc(OCc3cnc(N[N+](C)(O)S)nc3)cc2)cc1C#N)C(C)CC.CCc1cccc2c1C(=O)N(C1CCC(=O)NC1=O)C2=O. The summed E-state index contributed by atoms with van der Waals surface area (Å²) in [5, 5.41) is 23.8. The number of halogens is 1. The summed E-state index contributed by atoms with van der Waals surface area (Å²) < 4.78 is 11.1. The Balaban J connectivity index is 0.000000312. The Kier molecular flexibility index (Phi) is 16.7. The predicted octanol–water partition coefficient (Wildman–Crippen LogP) is 7.46. The van der Waals surface area contributed by atoms with Gasteiger partial charge in [-0.1, -0.05) is 83.0 Å². The van der Waals surface area contributed by atoms with Crippen molar-refractivity contribution >= 4 is 54.0 Å². The smallest absolute Gasteiger partial charge is 0.273 e. The van der Waals surface area contributed by atoms with E-state index in [-0.39, 0.29) is 37.9 Å². The lowest BCUT2D eigenvalue weighted by Crippen LogP contribution is -2.54. The summed E-state index contributed by atoms with van der Waals surface area (Å²) in [4.78, 5) is 57.4. The van der Waals surface area contributed by atoms with E-state index >= 15 is 0 Å². The number of hydrogen-bond acceptors (Lipinski definition) is 14. The van der Waals surface area contributed by atoms with Crippen LogP contribution in [0.25, 0.3) is 0 Å². The molecule has 344 valence electrons. The van der Waals surface area contributed by atoms with Crippen LogP contribution in [-0.4, -0.2) is 79.1 Å². The molecule has 4 amide bonds. The van der Waals surface area contributed by atoms with Gasteiger partial charge < -0.3 is 14.5 Å². The van der Waals surface area contributed by atoms with E-state index in [0.29, 0.717) is 52.1 Å². The molecule has 0 bridgehead atoms. The van der Waals surface area contributed by atoms with Gasteiger partial charge in [0.25, 0.3) is 17.8 Å². The van der Waals surface area contributed by atoms with Gasteiger partial charge in [-0.05, 0) is 82.8 Å². The first-order chi connectivity index (χ1) is 30.8. The number of hydrogen-bond donors (Lipinski definition) is 5. The number of hydroxylamine groups is 1. The maximum atomic E-state index is 12.6. The monoisotopic (exact) mass is 926 g/mol. The number of ether oxygens (including phenoxy) is 2. The van der Waals surface area contributed by atoms with E-state index < -0.39 is 33.3 Å². The van der Waals surface area contributed by atoms with Crippen LogP contribution in [0.5, 0.6) is 11.5 Å². The zero-order valence-corrected chi connectivity index (χ0v) is 39.4. The molecule has 16 nitrogen and oxygen atoms in total. The van der Waals surface area contributed by atoms with Crippen molar-refractivity contribution < 1.29 is 38.0 Å². The second-order valence-electron chi connectivity index (χ2n) is 16.4. The number of thiol groups is 1. The summed E-state index contributed by atoms with van der Waals surface area (Å²) in [5.74, 6) is 6.07. The third-order valence-corrected chi connectivity index (χ3v) is 11.8. The van der Waals surface area contributed by atoms with Crippen LogP contribution < -0.4 is 26.1 Å². The van der Waals surface area contributed by atoms with Gasteiger partial charge in [0.1, 0.15) is 50.9 Å². The van der Waals surface area contributed by atoms with E-state index in [2.05, 4.69) is 74.2 Å². The van der Waals surface area contributed by atoms with Crippen molar-refractivity contribution in [1.29, 1.82) is 5.26 Å². The Bertz CT molecular complexity index is 2450. The van der Waals surface area contributed by atoms with Crippen molar-refractivity contribution in [2.45, 2.75) is 91.7 Å². The number of nitriles is 1. The molecule has 3 atom stereocenters. The summed E-state index contributed by atoms with van der Waals surface area (Å²) >= 11 is 10.6. The number of quaternary nitrogens is 1. The zero-order chi connectivity index (χ0) is 47.6. The molecule has 0 radical (unpaired) electrons. The Hall–Kier alpha value is -6.03. The summed E-state index contributed by atoms with van der Waals surface area (Å²) in [6.45, 7) is 13.5. The molecule has 2 aliphatic heterocycles. The number of piperidine rings is 1. The number of allylic oxidation sites excluding steroid dienone is 1. The largest absolute Gasteiger partial charge is 0.489 e. The molecule has 1 saturated heterocycles. The van der Waals surface area contributed by atoms with Gasteiger partial charge in [-0.25, -0.2) is 15.8 Å². The van der Waals surface area contributed by atoms with Gasteiger partial charge in [0, 0.05) is 36.0 Å². The van der Waals surface area contributed by atoms with Crippen LogP contribution in [-0.2, 0) is 28.0 Å². The Morgan fingerprint density at radius 3 is 2.40 bits per heavy atom. The van der Waals surface area contributed by atoms with Crippen LogP contribution in [0.1, 0.15) is 116 Å². The van der Waals surface area contributed by atoms with Gasteiger partial charge in [-0.3, -0.25) is 29.4 Å². The van der Waals surface area contributed by atoms with Crippen LogP contribution in [0.2, 0.25) is 5.02 Å². The van der Waals surface area contributed by atoms with Gasteiger partial charge in [0.05, 0.1) is 28.3 Å². The second-order valence-corrected chi connectivity index (χ2v) is 17.6. The minimum atomic E-state index is -0.903. The van der Waals surface area contributed by atoms with Crippen LogP contribution >= 0.6 is 24.4 Å². The molecule has 0 saturated carbocycles. The fraction of sp³-hybridized carbons (Fsp3) is 0.383. The first-order valence-corrected chi connectivity index (χ1v) is 22.2. The number of hydrazine groups is 1. The van der Waals surface area contributed by atoms with Gasteiger partial charge in [0.15, 0.2) is 5.75 Å². The summed E-state index contributed by atoms with van der Waals surface area (Å²) in [6, 6.07) is 17.9. The van der Waals surface area contributed by atoms with Crippen LogP contribution in [0.4, 0.5) is 5.95 Å². The van der Waals surface area contributed by atoms with Crippen molar-refractivity contribution in [1.82, 2.24) is 25.2 Å². The number of nitrogens with zero attached hydrogens (tertiary/aromatic N) is 6. The quantitative estimate of drug-likeness (QED) is 0.0229. The Labute approximate surface area is 390 Å². The number of aromatic nitrogens is 2. The first kappa shape index (κ1) is 50.0. The summed E-state index contributed by atoms with van der Waals surface area (Å²) in [6.07, 6.45) is 8.13. The molecule has 0 spiro atoms. The standard InChI is InChI=1S/C32H43ClN7O3S.C15H14N2O4/c1-7-22(3)24(8-2)20-39(35)13-14-42-30-25(17-34)15-27(16-29(30)33)32(4,5)26-9-11-28(12-10-26)43-21-23-18-36-31(37-19-23)38-40(6,41)44;1-2-8-4-3-5-9-12(8)15(21)17(14(9)20)10-6-7-11(18)16-13(10)19/h9-12,15-16,18-20,22,41,44H,7-8,13-14,21,35H2,1-6H3,(H,36,37,38);3-5,10H,2,6-7H2,1H3,(H,16,18,19)/q+1;/b24-20-;. The minimum absolute atomic E-state index is 0.129. The van der Waals surface area contributed by atoms with Gasteiger partial charge >= 0.3 is 0 Å². The number of imide groups is 2. The highest BCUT2D eigenvalue weighted by Gasteiger charge is 2.45. The molecule has 4 aromatic rings. The molecule has 1 fully saturated rings. The average molecular weight is 928 g/mol. The molecule has 2 aliphatic rings. The molecule has 1 aromatic heterocycles. The van der Waals surface area contributed by atoms with Crippen molar-refractivity contribution in [3.8, 4) is 17.6 Å². The molecule has 65 heavy (non-hydrogen) atoms. The van der Waals surface area contributed by atoms with E-state index in [4.69, 9.17) is 26.9 Å². The first-order valence-electron chi connectivity index (χ1n) is 21.4. The van der Waals surface area contributed by atoms with Crippen LogP contribution in [0.3, 0.4) is 0 Å². The highest BCUT2D eigenvalue weighted by molar-refractivity contribution is 7.74. The Morgan fingerprint density at radius 1 is 1.11 bits per heavy atom. The summed E-state index contributed by atoms with van der Waals surface area (Å²) in [7, 11) is 1.42. The molecular weight excluding hydrogens is 870 g/mol. The van der Waals surface area contributed by atoms with E-state index in [9.17, 15) is 29.6 Å². The van der Waals surface area contributed by atoms with E-state index in [0.717, 1.165) is 40.0 Å². The number of carbonyl (C=O) groups excluding carboxylic acids is 4. The van der Waals surface area contributed by atoms with Crippen LogP contribution in [0, 0.1) is 17.2 Å². The fourth-order valence-electron chi connectivity index (χ4n) is 7.40. The highest BCUT2D eigenvalue weighted by Crippen LogP contribution is 2.39. The average Bonchev–Trinajstić information content (AvgIpc) is 3.53. The molecule has 18 heteroatoms. The third kappa shape index (κ3) is 12.4. The number of anilines is 1. The highest BCUT2D eigenvalue weighted by atomic mass is 35.5. The molecule has 6 rings (SSSR count). The third-order valence-electron chi connectivity index (χ3n) is 11.4. The number of carbonyl (C=O) groups is 4. The van der Waals surface area contributed by atoms with Gasteiger partial charge in [-0.2, -0.15) is 15.9 Å². The number of nitrogens with one attached hydrogen (secondary N) is 2. The Morgan fingerprint density at radius 2 is 1.80 bits per heavy atom. The predicted molar refractivity (Wildman–Crippen MR) is 248 cm³/mol. The van der Waals surface area contributed by atoms with Crippen molar-refractivity contribution in [3.63, 3.8) is 0 Å². The lowest BCUT2D eigenvalue weighted by Gasteiger charge is -2.27. The molecule has 3 aromatic carbocycles. The van der Waals surface area contributed by atoms with E-state index in [1.54, 1.807) is 35.6 Å². The van der Waals surface area contributed by atoms with E-state index in [1.165, 1.54) is 12.6 Å². The van der Waals surface area contributed by atoms with Gasteiger partial charge in [-0.15, -0.1) is 0 Å². The van der Waals surface area contributed by atoms with Crippen LogP contribution in [0.15, 0.2) is 78.8 Å². The molecular formula is C47H57ClN9O7S+. The zero-order valence-electron chi connectivity index (χ0n) is 37.7. The number of rotatable bonds is 17. The number of amides is 4.